The fraction of sp³-hybridized carbons (Fsp3) is 0.615. The summed E-state index contributed by atoms with van der Waals surface area (Å²) < 4.78 is 6.06. The molecule has 1 aromatic rings. The van der Waals surface area contributed by atoms with Crippen molar-refractivity contribution < 1.29 is 9.53 Å². The quantitative estimate of drug-likeness (QED) is 0.851. The second-order valence-electron chi connectivity index (χ2n) is 5.87. The molecule has 5 heteroatoms. The highest BCUT2D eigenvalue weighted by molar-refractivity contribution is 7.16. The molecule has 0 radical (unpaired) electrons. The molecule has 2 rings (SSSR count). The van der Waals surface area contributed by atoms with Gasteiger partial charge in [0.05, 0.1) is 21.8 Å². The molecule has 0 saturated carbocycles. The largest absolute Gasteiger partial charge is 0.390 e. The normalized spacial score (nSPS) is 19.7. The fourth-order valence-corrected chi connectivity index (χ4v) is 3.87. The molecule has 4 nitrogen and oxygen atoms in total. The van der Waals surface area contributed by atoms with Crippen LogP contribution in [0.5, 0.6) is 0 Å². The number of rotatable bonds is 1. The lowest BCUT2D eigenvalue weighted by Crippen LogP contribution is -2.27. The van der Waals surface area contributed by atoms with E-state index in [1.807, 2.05) is 27.7 Å². The van der Waals surface area contributed by atoms with Gasteiger partial charge in [0, 0.05) is 24.5 Å². The molecule has 0 aliphatic carbocycles. The van der Waals surface area contributed by atoms with Crippen molar-refractivity contribution in [2.45, 2.75) is 38.9 Å². The highest BCUT2D eigenvalue weighted by Crippen LogP contribution is 2.53. The number of carbonyl (C=O) groups excluding carboxylic acids is 1. The summed E-state index contributed by atoms with van der Waals surface area (Å²) in [7, 11) is 3.47. The minimum atomic E-state index is -0.478. The van der Waals surface area contributed by atoms with Gasteiger partial charge in [0.25, 0.3) is 5.91 Å². The second kappa shape index (κ2) is 3.71. The van der Waals surface area contributed by atoms with Gasteiger partial charge in [-0.15, -0.1) is 11.3 Å². The van der Waals surface area contributed by atoms with E-state index in [0.717, 1.165) is 10.4 Å². The highest BCUT2D eigenvalue weighted by atomic mass is 32.1. The zero-order valence-electron chi connectivity index (χ0n) is 11.7. The molecule has 100 valence electrons. The first kappa shape index (κ1) is 13.4. The molecule has 0 atom stereocenters. The minimum absolute atomic E-state index is 0.0561. The molecule has 1 aliphatic rings. The highest BCUT2D eigenvalue weighted by Gasteiger charge is 2.48. The third-order valence-corrected chi connectivity index (χ3v) is 4.54. The molecule has 0 aromatic carbocycles. The number of hydrogen-bond acceptors (Lipinski definition) is 4. The molecule has 1 aromatic heterocycles. The zero-order valence-corrected chi connectivity index (χ0v) is 12.6. The van der Waals surface area contributed by atoms with Crippen LogP contribution in [0.15, 0.2) is 0 Å². The summed E-state index contributed by atoms with van der Waals surface area (Å²) in [5.41, 5.74) is 6.74. The van der Waals surface area contributed by atoms with E-state index in [9.17, 15) is 4.79 Å². The number of ether oxygens (including phenoxy) is 1. The van der Waals surface area contributed by atoms with Crippen molar-refractivity contribution in [2.24, 2.45) is 0 Å². The van der Waals surface area contributed by atoms with E-state index >= 15 is 0 Å². The van der Waals surface area contributed by atoms with Gasteiger partial charge in [0.1, 0.15) is 0 Å². The van der Waals surface area contributed by atoms with Crippen molar-refractivity contribution in [3.63, 3.8) is 0 Å². The number of carbonyl (C=O) groups is 1. The van der Waals surface area contributed by atoms with E-state index in [2.05, 4.69) is 0 Å². The SMILES string of the molecule is CN(C)C(=O)c1c(N)sc2c1C(C)(C)OC2(C)C. The van der Waals surface area contributed by atoms with Crippen LogP contribution in [0.3, 0.4) is 0 Å². The molecule has 0 fully saturated rings. The average Bonchev–Trinajstić information content (AvgIpc) is 2.61. The molecule has 0 unspecified atom stereocenters. The van der Waals surface area contributed by atoms with Gasteiger partial charge in [0.2, 0.25) is 0 Å². The molecule has 0 saturated heterocycles. The van der Waals surface area contributed by atoms with Gasteiger partial charge in [-0.25, -0.2) is 0 Å². The predicted molar refractivity (Wildman–Crippen MR) is 73.9 cm³/mol. The van der Waals surface area contributed by atoms with Gasteiger partial charge in [-0.1, -0.05) is 0 Å². The first-order valence-corrected chi connectivity index (χ1v) is 6.74. The van der Waals surface area contributed by atoms with Crippen molar-refractivity contribution in [2.75, 3.05) is 19.8 Å². The molecule has 2 heterocycles. The predicted octanol–water partition coefficient (Wildman–Crippen LogP) is 2.53. The van der Waals surface area contributed by atoms with Gasteiger partial charge < -0.3 is 15.4 Å². The van der Waals surface area contributed by atoms with Crippen molar-refractivity contribution in [1.82, 2.24) is 4.90 Å². The summed E-state index contributed by atoms with van der Waals surface area (Å²) in [6.07, 6.45) is 0. The first-order valence-electron chi connectivity index (χ1n) is 5.93. The second-order valence-corrected chi connectivity index (χ2v) is 6.92. The van der Waals surface area contributed by atoms with Crippen LogP contribution >= 0.6 is 11.3 Å². The number of anilines is 1. The molecule has 2 N–H and O–H groups in total. The Balaban J connectivity index is 2.70. The Bertz CT molecular complexity index is 515. The third kappa shape index (κ3) is 1.73. The molecule has 18 heavy (non-hydrogen) atoms. The van der Waals surface area contributed by atoms with E-state index in [-0.39, 0.29) is 11.5 Å². The molecule has 1 amide bonds. The average molecular weight is 268 g/mol. The van der Waals surface area contributed by atoms with E-state index in [4.69, 9.17) is 10.5 Å². The van der Waals surface area contributed by atoms with Gasteiger partial charge in [-0.3, -0.25) is 4.79 Å². The Morgan fingerprint density at radius 2 is 1.78 bits per heavy atom. The van der Waals surface area contributed by atoms with E-state index in [1.165, 1.54) is 11.3 Å². The van der Waals surface area contributed by atoms with E-state index < -0.39 is 5.60 Å². The lowest BCUT2D eigenvalue weighted by atomic mass is 9.93. The van der Waals surface area contributed by atoms with Crippen LogP contribution in [0.4, 0.5) is 5.00 Å². The Morgan fingerprint density at radius 1 is 1.22 bits per heavy atom. The Hall–Kier alpha value is -1.07. The number of amides is 1. The first-order chi connectivity index (χ1) is 8.08. The van der Waals surface area contributed by atoms with E-state index in [1.54, 1.807) is 19.0 Å². The smallest absolute Gasteiger partial charge is 0.256 e. The number of nitrogen functional groups attached to an aromatic ring is 1. The number of nitrogens with two attached hydrogens (primary N) is 1. The number of nitrogens with zero attached hydrogens (tertiary/aromatic N) is 1. The van der Waals surface area contributed by atoms with Crippen molar-refractivity contribution in [3.8, 4) is 0 Å². The van der Waals surface area contributed by atoms with Gasteiger partial charge in [-0.05, 0) is 27.7 Å². The van der Waals surface area contributed by atoms with Crippen LogP contribution in [0.1, 0.15) is 48.5 Å². The molecule has 1 aliphatic heterocycles. The van der Waals surface area contributed by atoms with Crippen LogP contribution in [0.2, 0.25) is 0 Å². The summed E-state index contributed by atoms with van der Waals surface area (Å²) in [6.45, 7) is 8.00. The third-order valence-electron chi connectivity index (χ3n) is 3.21. The Labute approximate surface area is 112 Å². The molecular formula is C13H20N2O2S. The lowest BCUT2D eigenvalue weighted by molar-refractivity contribution is -0.104. The van der Waals surface area contributed by atoms with Gasteiger partial charge >= 0.3 is 0 Å². The molecular weight excluding hydrogens is 248 g/mol. The fourth-order valence-electron chi connectivity index (χ4n) is 2.62. The topological polar surface area (TPSA) is 55.6 Å². The van der Waals surface area contributed by atoms with Crippen LogP contribution < -0.4 is 5.73 Å². The van der Waals surface area contributed by atoms with Crippen molar-refractivity contribution in [1.29, 1.82) is 0 Å². The lowest BCUT2D eigenvalue weighted by Gasteiger charge is -2.26. The summed E-state index contributed by atoms with van der Waals surface area (Å²) in [5.74, 6) is -0.0561. The van der Waals surface area contributed by atoms with Gasteiger partial charge in [0.15, 0.2) is 0 Å². The van der Waals surface area contributed by atoms with Crippen LogP contribution in [-0.4, -0.2) is 24.9 Å². The number of fused-ring (bicyclic) bond motifs is 1. The van der Waals surface area contributed by atoms with Crippen molar-refractivity contribution in [3.05, 3.63) is 16.0 Å². The number of thiophene rings is 1. The van der Waals surface area contributed by atoms with Crippen LogP contribution in [0.25, 0.3) is 0 Å². The maximum Gasteiger partial charge on any atom is 0.256 e. The summed E-state index contributed by atoms with van der Waals surface area (Å²) in [5, 5.41) is 0.586. The monoisotopic (exact) mass is 268 g/mol. The summed E-state index contributed by atoms with van der Waals surface area (Å²) in [4.78, 5) is 14.9. The summed E-state index contributed by atoms with van der Waals surface area (Å²) >= 11 is 1.46. The maximum atomic E-state index is 12.3. The standard InChI is InChI=1S/C13H20N2O2S/c1-12(2)8-7(11(16)15(5)6)10(14)18-9(8)13(3,4)17-12/h14H2,1-6H3. The van der Waals surface area contributed by atoms with Crippen LogP contribution in [-0.2, 0) is 15.9 Å². The van der Waals surface area contributed by atoms with Gasteiger partial charge in [-0.2, -0.15) is 0 Å². The van der Waals surface area contributed by atoms with Crippen LogP contribution in [0, 0.1) is 0 Å². The molecule has 0 bridgehead atoms. The number of hydrogen-bond donors (Lipinski definition) is 1. The van der Waals surface area contributed by atoms with E-state index in [0.29, 0.717) is 10.6 Å². The Morgan fingerprint density at radius 3 is 2.28 bits per heavy atom. The van der Waals surface area contributed by atoms with Crippen molar-refractivity contribution >= 4 is 22.2 Å². The Kier molecular flexibility index (Phi) is 2.76. The summed E-state index contributed by atoms with van der Waals surface area (Å²) in [6, 6.07) is 0. The maximum absolute atomic E-state index is 12.3. The zero-order chi connectivity index (χ0) is 13.9. The minimum Gasteiger partial charge on any atom is -0.390 e. The molecule has 0 spiro atoms.